The van der Waals surface area contributed by atoms with Crippen LogP contribution in [0.1, 0.15) is 19.4 Å². The molecule has 1 aromatic heterocycles. The van der Waals surface area contributed by atoms with E-state index >= 15 is 0 Å². The van der Waals surface area contributed by atoms with Crippen molar-refractivity contribution in [1.82, 2.24) is 9.19 Å². The first-order chi connectivity index (χ1) is 9.77. The van der Waals surface area contributed by atoms with Crippen molar-refractivity contribution < 1.29 is 17.2 Å². The Kier molecular flexibility index (Phi) is 3.95. The zero-order chi connectivity index (χ0) is 15.8. The maximum Gasteiger partial charge on any atom is 0.256 e. The molecule has 0 N–H and O–H groups in total. The fourth-order valence-corrected chi connectivity index (χ4v) is 2.65. The molecule has 0 aliphatic carbocycles. The van der Waals surface area contributed by atoms with Crippen molar-refractivity contribution in [1.29, 1.82) is 0 Å². The van der Waals surface area contributed by atoms with Crippen molar-refractivity contribution >= 4 is 16.1 Å². The molecule has 7 heteroatoms. The topological polar surface area (TPSA) is 52.0 Å². The van der Waals surface area contributed by atoms with Gasteiger partial charge < -0.3 is 0 Å². The SMILES string of the molecule is C=Cc1cc(F)c(F)cc1-c1cnn(S(=O)(=O)C(C)C)c1. The highest BCUT2D eigenvalue weighted by molar-refractivity contribution is 7.90. The Labute approximate surface area is 121 Å². The molecule has 0 spiro atoms. The van der Waals surface area contributed by atoms with Crippen molar-refractivity contribution in [3.8, 4) is 11.1 Å². The molecule has 4 nitrogen and oxygen atoms in total. The minimum Gasteiger partial charge on any atom is -0.204 e. The zero-order valence-corrected chi connectivity index (χ0v) is 12.4. The Balaban J connectivity index is 2.58. The summed E-state index contributed by atoms with van der Waals surface area (Å²) in [6, 6.07) is 2.00. The van der Waals surface area contributed by atoms with Crippen LogP contribution in [0.25, 0.3) is 17.2 Å². The molecule has 0 saturated carbocycles. The number of halogens is 2. The third kappa shape index (κ3) is 2.73. The minimum absolute atomic E-state index is 0.328. The van der Waals surface area contributed by atoms with Gasteiger partial charge in [-0.2, -0.15) is 9.19 Å². The van der Waals surface area contributed by atoms with Crippen LogP contribution < -0.4 is 0 Å². The second-order valence-corrected chi connectivity index (χ2v) is 7.10. The zero-order valence-electron chi connectivity index (χ0n) is 11.5. The molecule has 112 valence electrons. The van der Waals surface area contributed by atoms with Crippen LogP contribution in [0.3, 0.4) is 0 Å². The third-order valence-corrected chi connectivity index (χ3v) is 4.95. The first kappa shape index (κ1) is 15.4. The molecule has 1 heterocycles. The fraction of sp³-hybridized carbons (Fsp3) is 0.214. The van der Waals surface area contributed by atoms with E-state index in [-0.39, 0.29) is 0 Å². The van der Waals surface area contributed by atoms with Crippen LogP contribution in [0, 0.1) is 11.6 Å². The van der Waals surface area contributed by atoms with E-state index < -0.39 is 26.9 Å². The van der Waals surface area contributed by atoms with Crippen LogP contribution in [0.15, 0.2) is 31.1 Å². The first-order valence-electron chi connectivity index (χ1n) is 6.18. The van der Waals surface area contributed by atoms with Gasteiger partial charge >= 0.3 is 0 Å². The molecule has 2 aromatic rings. The highest BCUT2D eigenvalue weighted by Gasteiger charge is 2.20. The van der Waals surface area contributed by atoms with Gasteiger partial charge in [-0.15, -0.1) is 0 Å². The van der Waals surface area contributed by atoms with Gasteiger partial charge in [0, 0.05) is 5.56 Å². The molecule has 2 rings (SSSR count). The number of rotatable bonds is 4. The van der Waals surface area contributed by atoms with Gasteiger partial charge in [-0.3, -0.25) is 0 Å². The monoisotopic (exact) mass is 312 g/mol. The van der Waals surface area contributed by atoms with Crippen LogP contribution >= 0.6 is 0 Å². The molecule has 0 bridgehead atoms. The molecule has 1 aromatic carbocycles. The van der Waals surface area contributed by atoms with Crippen molar-refractivity contribution in [2.45, 2.75) is 19.1 Å². The standard InChI is InChI=1S/C14H14F2N2O2S/c1-4-10-5-13(15)14(16)6-12(10)11-7-17-18(8-11)21(19,20)9(2)3/h4-9H,1H2,2-3H3. The van der Waals surface area contributed by atoms with Crippen molar-refractivity contribution in [3.63, 3.8) is 0 Å². The molecule has 0 unspecified atom stereocenters. The van der Waals surface area contributed by atoms with E-state index in [1.807, 2.05) is 0 Å². The van der Waals surface area contributed by atoms with E-state index in [9.17, 15) is 17.2 Å². The average molecular weight is 312 g/mol. The molecule has 0 atom stereocenters. The predicted octanol–water partition coefficient (Wildman–Crippen LogP) is 3.06. The molecule has 0 fully saturated rings. The number of hydrogen-bond acceptors (Lipinski definition) is 3. The molecule has 0 amide bonds. The lowest BCUT2D eigenvalue weighted by molar-refractivity contribution is 0.509. The summed E-state index contributed by atoms with van der Waals surface area (Å²) < 4.78 is 51.4. The third-order valence-electron chi connectivity index (χ3n) is 3.04. The second-order valence-electron chi connectivity index (χ2n) is 4.75. The summed E-state index contributed by atoms with van der Waals surface area (Å²) >= 11 is 0. The van der Waals surface area contributed by atoms with E-state index in [1.165, 1.54) is 32.3 Å². The average Bonchev–Trinajstić information content (AvgIpc) is 2.91. The summed E-state index contributed by atoms with van der Waals surface area (Å²) in [7, 11) is -3.59. The maximum absolute atomic E-state index is 13.4. The number of benzene rings is 1. The largest absolute Gasteiger partial charge is 0.256 e. The molecular formula is C14H14F2N2O2S. The first-order valence-corrected chi connectivity index (χ1v) is 7.68. The summed E-state index contributed by atoms with van der Waals surface area (Å²) in [6.07, 6.45) is 3.93. The molecule has 0 radical (unpaired) electrons. The van der Waals surface area contributed by atoms with Crippen LogP contribution in [0.5, 0.6) is 0 Å². The molecular weight excluding hydrogens is 298 g/mol. The van der Waals surface area contributed by atoms with E-state index in [4.69, 9.17) is 0 Å². The fourth-order valence-electron chi connectivity index (χ4n) is 1.78. The normalized spacial score (nSPS) is 11.9. The van der Waals surface area contributed by atoms with E-state index in [1.54, 1.807) is 0 Å². The van der Waals surface area contributed by atoms with Gasteiger partial charge in [-0.25, -0.2) is 17.2 Å². The van der Waals surface area contributed by atoms with Crippen molar-refractivity contribution in [2.24, 2.45) is 0 Å². The van der Waals surface area contributed by atoms with Gasteiger partial charge in [0.1, 0.15) is 0 Å². The highest BCUT2D eigenvalue weighted by Crippen LogP contribution is 2.27. The summed E-state index contributed by atoms with van der Waals surface area (Å²) in [4.78, 5) is 0. The lowest BCUT2D eigenvalue weighted by Crippen LogP contribution is -2.22. The maximum atomic E-state index is 13.4. The smallest absolute Gasteiger partial charge is 0.204 e. The Bertz CT molecular complexity index is 795. The van der Waals surface area contributed by atoms with Gasteiger partial charge in [-0.1, -0.05) is 12.7 Å². The second kappa shape index (κ2) is 5.40. The van der Waals surface area contributed by atoms with Gasteiger partial charge in [0.25, 0.3) is 10.0 Å². The van der Waals surface area contributed by atoms with E-state index in [0.717, 1.165) is 16.2 Å². The van der Waals surface area contributed by atoms with Crippen LogP contribution in [0.2, 0.25) is 0 Å². The summed E-state index contributed by atoms with van der Waals surface area (Å²) in [5, 5.41) is 3.15. The summed E-state index contributed by atoms with van der Waals surface area (Å²) in [5.41, 5.74) is 1.05. The van der Waals surface area contributed by atoms with E-state index in [2.05, 4.69) is 11.7 Å². The summed E-state index contributed by atoms with van der Waals surface area (Å²) in [6.45, 7) is 6.60. The van der Waals surface area contributed by atoms with Gasteiger partial charge in [0.2, 0.25) is 0 Å². The van der Waals surface area contributed by atoms with Gasteiger partial charge in [0.15, 0.2) is 11.6 Å². The molecule has 0 aliphatic heterocycles. The molecule has 0 aliphatic rings. The highest BCUT2D eigenvalue weighted by atomic mass is 32.2. The lowest BCUT2D eigenvalue weighted by Gasteiger charge is -2.07. The van der Waals surface area contributed by atoms with E-state index in [0.29, 0.717) is 16.7 Å². The van der Waals surface area contributed by atoms with Crippen molar-refractivity contribution in [2.75, 3.05) is 0 Å². The summed E-state index contributed by atoms with van der Waals surface area (Å²) in [5.74, 6) is -2.01. The Hall–Kier alpha value is -2.02. The molecule has 21 heavy (non-hydrogen) atoms. The number of aromatic nitrogens is 2. The Morgan fingerprint density at radius 3 is 2.48 bits per heavy atom. The van der Waals surface area contributed by atoms with Gasteiger partial charge in [0.05, 0.1) is 17.6 Å². The quantitative estimate of drug-likeness (QED) is 0.872. The molecule has 0 saturated heterocycles. The number of nitrogens with zero attached hydrogens (tertiary/aromatic N) is 2. The Morgan fingerprint density at radius 1 is 1.29 bits per heavy atom. The lowest BCUT2D eigenvalue weighted by atomic mass is 10.0. The van der Waals surface area contributed by atoms with Crippen molar-refractivity contribution in [3.05, 3.63) is 48.3 Å². The predicted molar refractivity (Wildman–Crippen MR) is 77.1 cm³/mol. The van der Waals surface area contributed by atoms with Crippen LogP contribution in [-0.4, -0.2) is 22.9 Å². The number of hydrogen-bond donors (Lipinski definition) is 0. The van der Waals surface area contributed by atoms with Gasteiger partial charge in [-0.05, 0) is 37.1 Å². The minimum atomic E-state index is -3.59. The Morgan fingerprint density at radius 2 is 1.90 bits per heavy atom. The van der Waals surface area contributed by atoms with Crippen LogP contribution in [-0.2, 0) is 10.0 Å². The van der Waals surface area contributed by atoms with Crippen LogP contribution in [0.4, 0.5) is 8.78 Å².